The maximum atomic E-state index is 11.5. The molecule has 2 atom stereocenters. The molecule has 428 valence electrons. The Morgan fingerprint density at radius 3 is 0.847 bits per heavy atom. The van der Waals surface area contributed by atoms with Crippen LogP contribution in [0.3, 0.4) is 0 Å². The zero-order valence-corrected chi connectivity index (χ0v) is 54.9. The number of carbonyl (C=O) groups excluding carboxylic acids is 1. The first-order chi connectivity index (χ1) is 31.8. The summed E-state index contributed by atoms with van der Waals surface area (Å²) in [6.45, 7) is 18.2. The van der Waals surface area contributed by atoms with E-state index in [4.69, 9.17) is 4.55 Å². The van der Waals surface area contributed by atoms with Crippen molar-refractivity contribution in [3.8, 4) is 0 Å². The number of halogens is 10. The monoisotopic (exact) mass is 1190 g/mol. The van der Waals surface area contributed by atoms with Gasteiger partial charge >= 0.3 is 136 Å². The minimum absolute atomic E-state index is 0. The van der Waals surface area contributed by atoms with Crippen LogP contribution in [0.1, 0.15) is 207 Å². The average molecular weight is 1190 g/mol. The molecule has 2 rings (SSSR count). The van der Waals surface area contributed by atoms with E-state index in [0.29, 0.717) is 0 Å². The maximum absolute atomic E-state index is 11.5. The number of unbranched alkanes of at least 4 members (excludes halogenated alkanes) is 26. The molecule has 3 N–H and O–H groups in total. The molecular weight excluding hydrogens is 1100 g/mol. The largest absolute Gasteiger partial charge is 1.00 e. The van der Waals surface area contributed by atoms with Crippen LogP contribution < -0.4 is 137 Å². The van der Waals surface area contributed by atoms with E-state index in [9.17, 15) is 61.3 Å². The minimum atomic E-state index is -6.23. The van der Waals surface area contributed by atoms with Crippen molar-refractivity contribution >= 4 is 26.0 Å². The molecule has 0 aliphatic carbocycles. The Labute approximate surface area is 529 Å². The van der Waals surface area contributed by atoms with Gasteiger partial charge in [0.15, 0.2) is 10.1 Å². The normalized spacial score (nSPS) is 16.0. The predicted octanol–water partition coefficient (Wildman–Crippen LogP) is -1.76. The number of quaternary nitrogens is 2. The fourth-order valence-corrected chi connectivity index (χ4v) is 7.88. The van der Waals surface area contributed by atoms with Gasteiger partial charge in [0.2, 0.25) is 0 Å². The van der Waals surface area contributed by atoms with E-state index in [0.717, 1.165) is 0 Å². The smallest absolute Gasteiger partial charge is 1.00 e. The van der Waals surface area contributed by atoms with E-state index < -0.39 is 43.6 Å². The Bertz CT molecular complexity index is 1320. The van der Waals surface area contributed by atoms with E-state index in [1.54, 1.807) is 9.80 Å². The van der Waals surface area contributed by atoms with Crippen molar-refractivity contribution in [2.45, 2.75) is 231 Å². The number of alkyl halides is 8. The second-order valence-corrected chi connectivity index (χ2v) is 21.7. The third-order valence-corrected chi connectivity index (χ3v) is 13.2. The molecule has 2 saturated heterocycles. The van der Waals surface area contributed by atoms with Crippen LogP contribution in [-0.2, 0) is 25.0 Å². The van der Waals surface area contributed by atoms with E-state index in [1.807, 2.05) is 0 Å². The summed E-state index contributed by atoms with van der Waals surface area (Å²) in [5.74, 6) is 0.167. The van der Waals surface area contributed by atoms with Crippen LogP contribution in [0.2, 0.25) is 0 Å². The first kappa shape index (κ1) is 88.5. The number of hydrogen-bond acceptors (Lipinski definition) is 8. The third-order valence-electron chi connectivity index (χ3n) is 11.5. The molecule has 2 fully saturated rings. The molecule has 0 radical (unpaired) electrons. The third kappa shape index (κ3) is 54.6. The number of ketones is 1. The van der Waals surface area contributed by atoms with Crippen molar-refractivity contribution < 1.29 is 203 Å². The van der Waals surface area contributed by atoms with Gasteiger partial charge in [0.1, 0.15) is 19.1 Å². The molecule has 0 spiro atoms. The molecule has 2 unspecified atom stereocenters. The van der Waals surface area contributed by atoms with Crippen molar-refractivity contribution in [3.63, 3.8) is 0 Å². The van der Waals surface area contributed by atoms with Crippen LogP contribution >= 0.6 is 0 Å². The first-order valence-corrected chi connectivity index (χ1v) is 28.4. The van der Waals surface area contributed by atoms with E-state index >= 15 is 0 Å². The second-order valence-electron chi connectivity index (χ2n) is 18.7. The summed E-state index contributed by atoms with van der Waals surface area (Å²) in [5.41, 5.74) is 0. The summed E-state index contributed by atoms with van der Waals surface area (Å²) in [7, 11) is -7.60. The van der Waals surface area contributed by atoms with Gasteiger partial charge in [0.25, 0.3) is 0 Å². The summed E-state index contributed by atoms with van der Waals surface area (Å²) in [6, 6.07) is 0. The van der Waals surface area contributed by atoms with Gasteiger partial charge < -0.3 is 44.0 Å². The summed E-state index contributed by atoms with van der Waals surface area (Å²) in [6.07, 6.45) is 32.0. The molecule has 0 aromatic heterocycles. The van der Waals surface area contributed by atoms with E-state index in [1.165, 1.54) is 246 Å². The standard InChI is InChI=1S/2C20H42N2.C3H6O.2C2H2F4O3S.2ClH.2K/c2*1-3-4-5-6-7-8-9-10-11-12-13-14-15-16-17-22-19-18-21(2)20-22;1-3(2)4;2*3-1(4)2(5,6)10(7,8)9;;;;/h2*3-20H2,1-2H3;1-2H3;2*1H,(H,7,8,9);2*1H;;/q;;;;;;;2*+1/p-1. The number of nitrogens with one attached hydrogen (secondary N) is 2. The van der Waals surface area contributed by atoms with Gasteiger partial charge in [-0.05, 0) is 26.7 Å². The molecule has 11 nitrogen and oxygen atoms in total. The number of Topliss-reactive ketones (excluding diaryl/α,β-unsaturated/α-hetero) is 1. The van der Waals surface area contributed by atoms with Crippen LogP contribution in [0.5, 0.6) is 0 Å². The Morgan fingerprint density at radius 2 is 0.722 bits per heavy atom. The SMILES string of the molecule is CC(C)=O.CCCCCCCCCCCCCCCCN1CC[NH+](C)C1.CCCCCCCCCCCCCCCCN1CC[NH+](C)C1.O=S(=O)(O)C(F)(F)C(F)F.O=S(=O)([O-])C(F)(F)C(F)F.[Cl-].[Cl-].[K+].[K+]. The molecular formula is C47H95Cl2F8K2N4O7S2+. The molecule has 2 heterocycles. The molecule has 72 heavy (non-hydrogen) atoms. The fourth-order valence-electron chi connectivity index (χ4n) is 7.44. The first-order valence-electron chi connectivity index (χ1n) is 25.6. The van der Waals surface area contributed by atoms with E-state index in [2.05, 4.69) is 37.7 Å². The quantitative estimate of drug-likeness (QED) is 0.0296. The second kappa shape index (κ2) is 55.5. The van der Waals surface area contributed by atoms with Gasteiger partial charge in [0.05, 0.1) is 40.3 Å². The number of likely N-dealkylation sites (N-methyl/N-ethyl adjacent to an activating group) is 2. The van der Waals surface area contributed by atoms with Gasteiger partial charge in [-0.1, -0.05) is 181 Å². The predicted molar refractivity (Wildman–Crippen MR) is 257 cm³/mol. The molecule has 2 aliphatic heterocycles. The maximum Gasteiger partial charge on any atom is 1.00 e. The molecule has 0 bridgehead atoms. The Balaban J connectivity index is -0.000000158. The zero-order chi connectivity index (χ0) is 52.5. The summed E-state index contributed by atoms with van der Waals surface area (Å²) in [5, 5.41) is -10.8. The van der Waals surface area contributed by atoms with Crippen molar-refractivity contribution in [3.05, 3.63) is 0 Å². The van der Waals surface area contributed by atoms with Crippen molar-refractivity contribution in [2.75, 3.05) is 66.7 Å². The number of rotatable bonds is 34. The zero-order valence-electron chi connectivity index (χ0n) is 45.5. The van der Waals surface area contributed by atoms with Crippen LogP contribution in [0.4, 0.5) is 35.1 Å². The molecule has 0 aromatic carbocycles. The van der Waals surface area contributed by atoms with Gasteiger partial charge in [-0.3, -0.25) is 14.4 Å². The van der Waals surface area contributed by atoms with Gasteiger partial charge in [-0.25, -0.2) is 26.0 Å². The topological polar surface area (TPSA) is 144 Å². The Hall–Kier alpha value is 2.62. The van der Waals surface area contributed by atoms with Crippen molar-refractivity contribution in [1.82, 2.24) is 9.80 Å². The molecule has 0 amide bonds. The van der Waals surface area contributed by atoms with Crippen molar-refractivity contribution in [1.29, 1.82) is 0 Å². The average Bonchev–Trinajstić information content (AvgIpc) is 3.87. The van der Waals surface area contributed by atoms with Crippen LogP contribution in [0, 0.1) is 0 Å². The number of nitrogens with zero attached hydrogens (tertiary/aromatic N) is 2. The van der Waals surface area contributed by atoms with Gasteiger partial charge in [0, 0.05) is 13.1 Å². The number of hydrogen-bond donors (Lipinski definition) is 3. The van der Waals surface area contributed by atoms with Gasteiger partial charge in [-0.2, -0.15) is 26.0 Å². The van der Waals surface area contributed by atoms with Crippen molar-refractivity contribution in [2.24, 2.45) is 0 Å². The number of carbonyl (C=O) groups is 1. The molecule has 2 aliphatic rings. The Morgan fingerprint density at radius 1 is 0.514 bits per heavy atom. The molecule has 0 saturated carbocycles. The van der Waals surface area contributed by atoms with Crippen LogP contribution in [0.15, 0.2) is 0 Å². The van der Waals surface area contributed by atoms with Crippen LogP contribution in [-0.4, -0.2) is 132 Å². The minimum Gasteiger partial charge on any atom is -1.00 e. The van der Waals surface area contributed by atoms with Gasteiger partial charge in [-0.15, -0.1) is 0 Å². The van der Waals surface area contributed by atoms with Crippen LogP contribution in [0.25, 0.3) is 0 Å². The Kier molecular flexibility index (Phi) is 68.2. The summed E-state index contributed by atoms with van der Waals surface area (Å²) < 4.78 is 144. The molecule has 0 aromatic rings. The fraction of sp³-hybridized carbons (Fsp3) is 0.979. The van der Waals surface area contributed by atoms with E-state index in [-0.39, 0.29) is 133 Å². The molecule has 25 heteroatoms. The summed E-state index contributed by atoms with van der Waals surface area (Å²) >= 11 is 0. The summed E-state index contributed by atoms with van der Waals surface area (Å²) in [4.78, 5) is 18.1.